The minimum Gasteiger partial charge on any atom is -0.393 e. The smallest absolute Gasteiger partial charge is 0.0569 e. The van der Waals surface area contributed by atoms with E-state index in [1.165, 1.54) is 51.4 Å². The van der Waals surface area contributed by atoms with Crippen molar-refractivity contribution in [2.24, 2.45) is 46.3 Å². The fourth-order valence-corrected chi connectivity index (χ4v) is 8.61. The summed E-state index contributed by atoms with van der Waals surface area (Å²) < 4.78 is 0. The summed E-state index contributed by atoms with van der Waals surface area (Å²) in [5.41, 5.74) is 4.65. The molecule has 4 rings (SSSR count). The highest BCUT2D eigenvalue weighted by Crippen LogP contribution is 2.66. The zero-order valence-electron chi connectivity index (χ0n) is 20.0. The molecule has 0 radical (unpaired) electrons. The Morgan fingerprint density at radius 2 is 1.79 bits per heavy atom. The van der Waals surface area contributed by atoms with E-state index >= 15 is 0 Å². The predicted octanol–water partition coefficient (Wildman–Crippen LogP) is 7.55. The van der Waals surface area contributed by atoms with Gasteiger partial charge in [0.2, 0.25) is 0 Å². The van der Waals surface area contributed by atoms with Crippen molar-refractivity contribution in [3.8, 4) is 0 Å². The lowest BCUT2D eigenvalue weighted by molar-refractivity contribution is -0.0335. The summed E-state index contributed by atoms with van der Waals surface area (Å²) >= 11 is 0. The molecule has 8 atom stereocenters. The molecule has 0 saturated heterocycles. The first-order valence-electron chi connectivity index (χ1n) is 12.8. The van der Waals surface area contributed by atoms with E-state index in [1.54, 1.807) is 0 Å². The number of hydrogen-bond donors (Lipinski definition) is 1. The summed E-state index contributed by atoms with van der Waals surface area (Å²) in [6.07, 6.45) is 16.5. The molecule has 0 aromatic rings. The maximum atomic E-state index is 10.5. The summed E-state index contributed by atoms with van der Waals surface area (Å²) in [5, 5.41) is 10.5. The van der Waals surface area contributed by atoms with Gasteiger partial charge in [0.1, 0.15) is 0 Å². The molecule has 29 heavy (non-hydrogen) atoms. The Kier molecular flexibility index (Phi) is 5.86. The van der Waals surface area contributed by atoms with Crippen LogP contribution in [-0.4, -0.2) is 11.2 Å². The van der Waals surface area contributed by atoms with Gasteiger partial charge in [-0.3, -0.25) is 0 Å². The van der Waals surface area contributed by atoms with Crippen LogP contribution in [0.1, 0.15) is 99.3 Å². The first-order valence-corrected chi connectivity index (χ1v) is 12.8. The molecule has 164 valence electrons. The average molecular weight is 399 g/mol. The zero-order valence-corrected chi connectivity index (χ0v) is 20.0. The van der Waals surface area contributed by atoms with E-state index in [2.05, 4.69) is 53.7 Å². The lowest BCUT2D eigenvalue weighted by Crippen LogP contribution is -2.49. The normalized spacial score (nSPS) is 46.0. The molecule has 1 N–H and O–H groups in total. The van der Waals surface area contributed by atoms with Gasteiger partial charge < -0.3 is 5.11 Å². The van der Waals surface area contributed by atoms with Crippen LogP contribution in [0.2, 0.25) is 0 Å². The van der Waals surface area contributed by atoms with Gasteiger partial charge in [0.15, 0.2) is 0 Å². The molecular weight excluding hydrogens is 352 g/mol. The molecule has 2 fully saturated rings. The molecule has 0 aliphatic heterocycles. The summed E-state index contributed by atoms with van der Waals surface area (Å²) in [6.45, 7) is 14.6. The second-order valence-corrected chi connectivity index (χ2v) is 12.2. The fraction of sp³-hybridized carbons (Fsp3) is 0.857. The third kappa shape index (κ3) is 3.48. The van der Waals surface area contributed by atoms with Gasteiger partial charge in [-0.05, 0) is 104 Å². The van der Waals surface area contributed by atoms with Crippen molar-refractivity contribution < 1.29 is 5.11 Å². The van der Waals surface area contributed by atoms with Crippen molar-refractivity contribution in [2.75, 3.05) is 0 Å². The standard InChI is InChI=1S/C28H46O/c1-18(2)8-7-9-19(3)22-12-13-24-21-10-11-23-20(4)26(29)15-17-28(23,6)25(21)14-16-27(22,24)5/h7-8,18-20,22-24,26,29H,9-17H2,1-6H3/b8-7+/t19-,20+,22-,23+,24+,26+,27-,28+/m1/s1. The quantitative estimate of drug-likeness (QED) is 0.484. The minimum absolute atomic E-state index is 0.0697. The van der Waals surface area contributed by atoms with E-state index in [9.17, 15) is 5.11 Å². The lowest BCUT2D eigenvalue weighted by atomic mass is 9.49. The van der Waals surface area contributed by atoms with E-state index in [0.717, 1.165) is 24.2 Å². The van der Waals surface area contributed by atoms with E-state index in [1.807, 2.05) is 11.1 Å². The van der Waals surface area contributed by atoms with Gasteiger partial charge in [-0.1, -0.05) is 64.8 Å². The van der Waals surface area contributed by atoms with Crippen LogP contribution >= 0.6 is 0 Å². The Morgan fingerprint density at radius 1 is 1.03 bits per heavy atom. The number of fused-ring (bicyclic) bond motifs is 4. The largest absolute Gasteiger partial charge is 0.393 e. The molecule has 0 unspecified atom stereocenters. The zero-order chi connectivity index (χ0) is 21.0. The first-order chi connectivity index (χ1) is 13.7. The molecule has 0 aromatic carbocycles. The second-order valence-electron chi connectivity index (χ2n) is 12.2. The molecule has 0 amide bonds. The molecule has 0 bridgehead atoms. The SMILES string of the molecule is CC(C)/C=C/C[C@@H](C)[C@H]1CC[C@H]2C3=C(CC[C@]12C)[C@@]1(C)CC[C@H](O)[C@@H](C)[C@@H]1CC3. The van der Waals surface area contributed by atoms with Gasteiger partial charge in [-0.25, -0.2) is 0 Å². The van der Waals surface area contributed by atoms with Crippen molar-refractivity contribution in [2.45, 2.75) is 105 Å². The number of aliphatic hydroxyl groups is 1. The van der Waals surface area contributed by atoms with Crippen molar-refractivity contribution >= 4 is 0 Å². The lowest BCUT2D eigenvalue weighted by Gasteiger charge is -2.56. The highest BCUT2D eigenvalue weighted by atomic mass is 16.3. The molecule has 1 nitrogen and oxygen atoms in total. The third-order valence-electron chi connectivity index (χ3n) is 10.3. The van der Waals surface area contributed by atoms with Crippen LogP contribution < -0.4 is 0 Å². The van der Waals surface area contributed by atoms with Crippen LogP contribution in [0.15, 0.2) is 23.3 Å². The number of allylic oxidation sites excluding steroid dienone is 4. The molecular formula is C28H46O. The predicted molar refractivity (Wildman–Crippen MR) is 124 cm³/mol. The van der Waals surface area contributed by atoms with Crippen molar-refractivity contribution in [3.63, 3.8) is 0 Å². The van der Waals surface area contributed by atoms with Crippen molar-refractivity contribution in [1.82, 2.24) is 0 Å². The van der Waals surface area contributed by atoms with Crippen LogP contribution in [0.4, 0.5) is 0 Å². The van der Waals surface area contributed by atoms with Gasteiger partial charge in [0.25, 0.3) is 0 Å². The van der Waals surface area contributed by atoms with Crippen LogP contribution in [0.3, 0.4) is 0 Å². The molecule has 0 spiro atoms. The number of aliphatic hydroxyl groups excluding tert-OH is 1. The summed E-state index contributed by atoms with van der Waals surface area (Å²) in [5.74, 6) is 4.37. The number of rotatable bonds is 4. The fourth-order valence-electron chi connectivity index (χ4n) is 8.61. The maximum absolute atomic E-state index is 10.5. The molecule has 1 heteroatoms. The topological polar surface area (TPSA) is 20.2 Å². The van der Waals surface area contributed by atoms with Gasteiger partial charge in [-0.2, -0.15) is 0 Å². The van der Waals surface area contributed by atoms with Gasteiger partial charge in [-0.15, -0.1) is 0 Å². The Hall–Kier alpha value is -0.560. The highest BCUT2D eigenvalue weighted by Gasteiger charge is 2.56. The van der Waals surface area contributed by atoms with E-state index in [0.29, 0.717) is 28.6 Å². The summed E-state index contributed by atoms with van der Waals surface area (Å²) in [4.78, 5) is 0. The third-order valence-corrected chi connectivity index (χ3v) is 10.3. The minimum atomic E-state index is -0.0697. The van der Waals surface area contributed by atoms with Gasteiger partial charge >= 0.3 is 0 Å². The second kappa shape index (κ2) is 7.85. The average Bonchev–Trinajstić information content (AvgIpc) is 3.02. The van der Waals surface area contributed by atoms with E-state index in [-0.39, 0.29) is 6.10 Å². The van der Waals surface area contributed by atoms with E-state index in [4.69, 9.17) is 0 Å². The Bertz CT molecular complexity index is 672. The molecule has 2 saturated carbocycles. The van der Waals surface area contributed by atoms with Crippen molar-refractivity contribution in [3.05, 3.63) is 23.3 Å². The molecule has 0 heterocycles. The Balaban J connectivity index is 1.57. The molecule has 4 aliphatic rings. The summed E-state index contributed by atoms with van der Waals surface area (Å²) in [7, 11) is 0. The maximum Gasteiger partial charge on any atom is 0.0569 e. The van der Waals surface area contributed by atoms with Crippen molar-refractivity contribution in [1.29, 1.82) is 0 Å². The van der Waals surface area contributed by atoms with E-state index < -0.39 is 0 Å². The monoisotopic (exact) mass is 398 g/mol. The van der Waals surface area contributed by atoms with Crippen LogP contribution in [0.25, 0.3) is 0 Å². The Morgan fingerprint density at radius 3 is 2.52 bits per heavy atom. The first kappa shape index (κ1) is 21.7. The van der Waals surface area contributed by atoms with Crippen LogP contribution in [0.5, 0.6) is 0 Å². The van der Waals surface area contributed by atoms with Gasteiger partial charge in [0.05, 0.1) is 6.10 Å². The molecule has 4 aliphatic carbocycles. The van der Waals surface area contributed by atoms with Gasteiger partial charge in [0, 0.05) is 0 Å². The number of hydrogen-bond acceptors (Lipinski definition) is 1. The van der Waals surface area contributed by atoms with Crippen LogP contribution in [-0.2, 0) is 0 Å². The summed E-state index contributed by atoms with van der Waals surface area (Å²) in [6, 6.07) is 0. The molecule has 0 aromatic heterocycles. The Labute approximate surface area is 180 Å². The van der Waals surface area contributed by atoms with Crippen LogP contribution in [0, 0.1) is 46.3 Å². The highest BCUT2D eigenvalue weighted by molar-refractivity contribution is 5.34.